The van der Waals surface area contributed by atoms with Gasteiger partial charge in [-0.05, 0) is 65.0 Å². The zero-order chi connectivity index (χ0) is 42.8. The summed E-state index contributed by atoms with van der Waals surface area (Å²) in [5.74, 6) is -5.90. The van der Waals surface area contributed by atoms with E-state index >= 15 is 0 Å². The minimum absolute atomic E-state index is 0.00116. The molecule has 2 aromatic rings. The number of ether oxygens (including phenoxy) is 7. The monoisotopic (exact) mass is 827 g/mol. The van der Waals surface area contributed by atoms with Crippen molar-refractivity contribution < 1.29 is 77.9 Å². The molecule has 3 heterocycles. The van der Waals surface area contributed by atoms with Crippen molar-refractivity contribution in [2.24, 2.45) is 0 Å². The van der Waals surface area contributed by atoms with Gasteiger partial charge in [0.2, 0.25) is 5.78 Å². The van der Waals surface area contributed by atoms with E-state index in [0.717, 1.165) is 19.2 Å². The van der Waals surface area contributed by atoms with E-state index < -0.39 is 125 Å². The summed E-state index contributed by atoms with van der Waals surface area (Å²) >= 11 is 0. The number of hydrogen-bond donors (Lipinski definition) is 5. The molecule has 17 nitrogen and oxygen atoms in total. The van der Waals surface area contributed by atoms with Crippen LogP contribution in [0.4, 0.5) is 0 Å². The van der Waals surface area contributed by atoms with Crippen LogP contribution in [0, 0.1) is 0 Å². The molecule has 0 unspecified atom stereocenters. The Morgan fingerprint density at radius 2 is 1.47 bits per heavy atom. The fourth-order valence-electron chi connectivity index (χ4n) is 9.33. The van der Waals surface area contributed by atoms with Crippen molar-refractivity contribution in [3.05, 3.63) is 51.6 Å². The van der Waals surface area contributed by atoms with Gasteiger partial charge in [-0.2, -0.15) is 0 Å². The molecule has 3 aliphatic heterocycles. The zero-order valence-corrected chi connectivity index (χ0v) is 34.1. The number of carbonyl (C=O) groups is 4. The first-order chi connectivity index (χ1) is 27.9. The maximum absolute atomic E-state index is 14.0. The van der Waals surface area contributed by atoms with Gasteiger partial charge in [0.25, 0.3) is 0 Å². The minimum Gasteiger partial charge on any atom is -0.507 e. The number of hydrogen-bond acceptors (Lipinski definition) is 17. The van der Waals surface area contributed by atoms with Crippen LogP contribution >= 0.6 is 0 Å². The standard InChI is InChI=1S/C42H53NO16/c1-8-42(52)16-27(31-20(35(42)41(51)53-7)13-21-32(37(31)49)38(50)34-25(46)10-9-24(45)33(34)36(21)48)57-29-14-22(43(5)6)39(18(3)55-29)59-30-15-26(47)40(19(4)56-30)58-28-12-11-23(44)17(2)54-28/h9-10,13,17-19,22,26-30,35,39-40,45-47,49,52H,8,11-12,14-16H2,1-7H3/t17-,18+,19+,22+,26+,27+,28+,29+,30+,35+,39-,40-,42-/m1/s1. The molecule has 5 aliphatic rings. The third-order valence-electron chi connectivity index (χ3n) is 12.5. The van der Waals surface area contributed by atoms with Gasteiger partial charge in [0.15, 0.2) is 30.4 Å². The highest BCUT2D eigenvalue weighted by Gasteiger charge is 2.54. The average molecular weight is 828 g/mol. The second-order valence-corrected chi connectivity index (χ2v) is 16.4. The molecule has 5 N–H and O–H groups in total. The number of rotatable bonds is 9. The van der Waals surface area contributed by atoms with E-state index in [1.54, 1.807) is 27.7 Å². The first-order valence-electron chi connectivity index (χ1n) is 20.0. The maximum Gasteiger partial charge on any atom is 0.316 e. The summed E-state index contributed by atoms with van der Waals surface area (Å²) in [6, 6.07) is 3.01. The van der Waals surface area contributed by atoms with Crippen LogP contribution in [-0.2, 0) is 42.7 Å². The summed E-state index contributed by atoms with van der Waals surface area (Å²) in [7, 11) is 4.85. The van der Waals surface area contributed by atoms with Crippen LogP contribution in [-0.4, -0.2) is 142 Å². The molecule has 322 valence electrons. The fourth-order valence-corrected chi connectivity index (χ4v) is 9.33. The molecular formula is C42H53NO16. The number of phenolic OH excluding ortho intramolecular Hbond substituents is 3. The van der Waals surface area contributed by atoms with Crippen molar-refractivity contribution in [2.75, 3.05) is 21.2 Å². The predicted octanol–water partition coefficient (Wildman–Crippen LogP) is 2.86. The van der Waals surface area contributed by atoms with E-state index in [2.05, 4.69) is 0 Å². The van der Waals surface area contributed by atoms with Crippen LogP contribution in [0.1, 0.15) is 121 Å². The largest absolute Gasteiger partial charge is 0.507 e. The number of phenols is 3. The van der Waals surface area contributed by atoms with Gasteiger partial charge in [-0.15, -0.1) is 0 Å². The molecule has 0 amide bonds. The number of Topliss-reactive ketones (excluding diaryl/α,β-unsaturated/α-hetero) is 1. The Morgan fingerprint density at radius 3 is 2.07 bits per heavy atom. The summed E-state index contributed by atoms with van der Waals surface area (Å²) < 4.78 is 42.6. The summed E-state index contributed by atoms with van der Waals surface area (Å²) in [5.41, 5.74) is -3.58. The highest BCUT2D eigenvalue weighted by Crippen LogP contribution is 2.54. The molecule has 0 bridgehead atoms. The van der Waals surface area contributed by atoms with E-state index in [0.29, 0.717) is 12.8 Å². The van der Waals surface area contributed by atoms with E-state index in [9.17, 15) is 44.7 Å². The predicted molar refractivity (Wildman–Crippen MR) is 203 cm³/mol. The summed E-state index contributed by atoms with van der Waals surface area (Å²) in [6.45, 7) is 6.89. The summed E-state index contributed by atoms with van der Waals surface area (Å²) in [5, 5.41) is 56.5. The van der Waals surface area contributed by atoms with Crippen LogP contribution in [0.2, 0.25) is 0 Å². The van der Waals surface area contributed by atoms with Crippen LogP contribution < -0.4 is 0 Å². The van der Waals surface area contributed by atoms with Gasteiger partial charge in [0.05, 0.1) is 53.8 Å². The number of ketones is 3. The number of fused-ring (bicyclic) bond motifs is 3. The second-order valence-electron chi connectivity index (χ2n) is 16.4. The number of aromatic hydroxyl groups is 3. The molecule has 0 radical (unpaired) electrons. The van der Waals surface area contributed by atoms with Gasteiger partial charge in [-0.3, -0.25) is 19.2 Å². The summed E-state index contributed by atoms with van der Waals surface area (Å²) in [6.07, 6.45) is -6.99. The van der Waals surface area contributed by atoms with E-state index in [1.807, 2.05) is 19.0 Å². The van der Waals surface area contributed by atoms with Gasteiger partial charge in [0, 0.05) is 49.3 Å². The van der Waals surface area contributed by atoms with E-state index in [-0.39, 0.29) is 54.2 Å². The molecule has 17 heteroatoms. The van der Waals surface area contributed by atoms with Crippen LogP contribution in [0.3, 0.4) is 0 Å². The number of nitrogens with zero attached hydrogens (tertiary/aromatic N) is 1. The van der Waals surface area contributed by atoms with Gasteiger partial charge in [0.1, 0.15) is 41.5 Å². The molecule has 7 rings (SSSR count). The highest BCUT2D eigenvalue weighted by atomic mass is 16.7. The molecule has 0 spiro atoms. The van der Waals surface area contributed by atoms with Gasteiger partial charge >= 0.3 is 5.97 Å². The number of methoxy groups -OCH3 is 1. The first-order valence-corrected chi connectivity index (χ1v) is 20.0. The lowest BCUT2D eigenvalue weighted by Crippen LogP contribution is -2.58. The quantitative estimate of drug-likeness (QED) is 0.154. The Balaban J connectivity index is 1.14. The molecule has 13 atom stereocenters. The van der Waals surface area contributed by atoms with Crippen molar-refractivity contribution in [1.29, 1.82) is 0 Å². The lowest BCUT2D eigenvalue weighted by Gasteiger charge is -2.48. The van der Waals surface area contributed by atoms with Crippen LogP contribution in [0.25, 0.3) is 0 Å². The number of benzene rings is 2. The van der Waals surface area contributed by atoms with Crippen molar-refractivity contribution in [3.8, 4) is 17.2 Å². The Kier molecular flexibility index (Phi) is 12.0. The van der Waals surface area contributed by atoms with Gasteiger partial charge in [-0.25, -0.2) is 0 Å². The fraction of sp³-hybridized carbons (Fsp3) is 0.619. The van der Waals surface area contributed by atoms with Crippen LogP contribution in [0.15, 0.2) is 18.2 Å². The van der Waals surface area contributed by atoms with Crippen molar-refractivity contribution >= 4 is 23.3 Å². The number of aliphatic hydroxyl groups excluding tert-OH is 1. The van der Waals surface area contributed by atoms with Crippen LogP contribution in [0.5, 0.6) is 17.2 Å². The number of esters is 1. The normalized spacial score (nSPS) is 35.9. The van der Waals surface area contributed by atoms with Gasteiger partial charge in [-0.1, -0.05) is 6.92 Å². The molecule has 59 heavy (non-hydrogen) atoms. The minimum atomic E-state index is -1.81. The Bertz CT molecular complexity index is 1990. The third-order valence-corrected chi connectivity index (χ3v) is 12.5. The topological polar surface area (TPSA) is 237 Å². The van der Waals surface area contributed by atoms with Crippen molar-refractivity contribution in [3.63, 3.8) is 0 Å². The molecule has 0 aromatic heterocycles. The number of aliphatic hydroxyl groups is 2. The highest BCUT2D eigenvalue weighted by molar-refractivity contribution is 6.31. The number of carbonyl (C=O) groups excluding carboxylic acids is 4. The van der Waals surface area contributed by atoms with E-state index in [4.69, 9.17) is 33.2 Å². The molecule has 0 saturated carbocycles. The maximum atomic E-state index is 14.0. The Hall–Kier alpha value is -4.04. The van der Waals surface area contributed by atoms with E-state index in [1.165, 1.54) is 6.07 Å². The third kappa shape index (κ3) is 7.65. The lowest BCUT2D eigenvalue weighted by molar-refractivity contribution is -0.324. The second kappa shape index (κ2) is 16.4. The molecule has 3 fully saturated rings. The smallest absolute Gasteiger partial charge is 0.316 e. The van der Waals surface area contributed by atoms with Crippen molar-refractivity contribution in [1.82, 2.24) is 4.90 Å². The zero-order valence-electron chi connectivity index (χ0n) is 34.1. The molecular weight excluding hydrogens is 774 g/mol. The molecule has 2 aromatic carbocycles. The number of likely N-dealkylation sites (N-methyl/N-ethyl adjacent to an activating group) is 1. The lowest BCUT2D eigenvalue weighted by atomic mass is 9.67. The Labute approximate surface area is 341 Å². The first kappa shape index (κ1) is 43.1. The average Bonchev–Trinajstić information content (AvgIpc) is 3.17. The SMILES string of the molecule is CC[C@@]1(O)C[C@H](O[C@H]2C[C@H](N(C)C)[C@H](O[C@H]3C[C@H](O)[C@H](O[C@H]4CCC(=O)[C@@H](C)O4)[C@H](C)O3)[C@H](C)O2)c2c(cc3c(c2O)C(=O)c2c(O)ccc(O)c2C3=O)[C@H]1C(=O)OC. The molecule has 2 aliphatic carbocycles. The summed E-state index contributed by atoms with van der Waals surface area (Å²) in [4.78, 5) is 55.1. The molecule has 3 saturated heterocycles. The van der Waals surface area contributed by atoms with Crippen molar-refractivity contribution in [2.45, 2.75) is 145 Å². The van der Waals surface area contributed by atoms with Gasteiger partial charge < -0.3 is 63.6 Å². The Morgan fingerprint density at radius 1 is 0.864 bits per heavy atom.